The lowest BCUT2D eigenvalue weighted by Crippen LogP contribution is -2.49. The van der Waals surface area contributed by atoms with Crippen molar-refractivity contribution in [3.63, 3.8) is 0 Å². The molecule has 1 N–H and O–H groups in total. The number of carbonyl (C=O) groups is 2. The summed E-state index contributed by atoms with van der Waals surface area (Å²) in [4.78, 5) is 27.0. The van der Waals surface area contributed by atoms with Crippen LogP contribution in [-0.4, -0.2) is 35.3 Å². The topological polar surface area (TPSA) is 49.4 Å². The first-order chi connectivity index (χ1) is 10.9. The van der Waals surface area contributed by atoms with Crippen LogP contribution in [0.4, 0.5) is 0 Å². The Bertz CT molecular complexity index is 406. The molecule has 0 aromatic carbocycles. The number of nitrogens with one attached hydrogen (secondary N) is 1. The van der Waals surface area contributed by atoms with Gasteiger partial charge in [0, 0.05) is 19.0 Å². The Hall–Kier alpha value is -1.06. The van der Waals surface area contributed by atoms with E-state index in [-0.39, 0.29) is 23.3 Å². The van der Waals surface area contributed by atoms with Crippen LogP contribution in [0.25, 0.3) is 0 Å². The van der Waals surface area contributed by atoms with Crippen molar-refractivity contribution in [2.24, 2.45) is 5.41 Å². The van der Waals surface area contributed by atoms with Gasteiger partial charge in [-0.2, -0.15) is 0 Å². The normalized spacial score (nSPS) is 24.1. The number of rotatable bonds is 3. The molecule has 1 saturated heterocycles. The third-order valence-electron chi connectivity index (χ3n) is 5.01. The summed E-state index contributed by atoms with van der Waals surface area (Å²) in [6, 6.07) is 0.0678. The summed E-state index contributed by atoms with van der Waals surface area (Å²) in [5, 5.41) is 3.24. The van der Waals surface area contributed by atoms with Crippen LogP contribution in [0.3, 0.4) is 0 Å². The molecule has 1 saturated carbocycles. The maximum Gasteiger partial charge on any atom is 0.243 e. The van der Waals surface area contributed by atoms with Crippen molar-refractivity contribution in [3.8, 4) is 0 Å². The molecule has 1 aliphatic carbocycles. The van der Waals surface area contributed by atoms with E-state index in [0.29, 0.717) is 12.5 Å². The highest BCUT2D eigenvalue weighted by molar-refractivity contribution is 5.88. The first kappa shape index (κ1) is 18.3. The summed E-state index contributed by atoms with van der Waals surface area (Å²) in [6.07, 6.45) is 10.8. The lowest BCUT2D eigenvalue weighted by atomic mass is 9.91. The zero-order valence-corrected chi connectivity index (χ0v) is 15.2. The minimum Gasteiger partial charge on any atom is -0.352 e. The molecule has 2 aliphatic rings. The second-order valence-corrected chi connectivity index (χ2v) is 8.53. The molecule has 0 bridgehead atoms. The molecule has 23 heavy (non-hydrogen) atoms. The van der Waals surface area contributed by atoms with Crippen molar-refractivity contribution < 1.29 is 9.59 Å². The second-order valence-electron chi connectivity index (χ2n) is 8.53. The number of nitrogens with zero attached hydrogens (tertiary/aromatic N) is 1. The van der Waals surface area contributed by atoms with Crippen LogP contribution in [0.1, 0.15) is 85.0 Å². The molecule has 0 spiro atoms. The molecular weight excluding hydrogens is 288 g/mol. The van der Waals surface area contributed by atoms with Crippen LogP contribution < -0.4 is 5.32 Å². The summed E-state index contributed by atoms with van der Waals surface area (Å²) in [6.45, 7) is 6.96. The molecule has 1 heterocycles. The predicted octanol–water partition coefficient (Wildman–Crippen LogP) is 3.64. The van der Waals surface area contributed by atoms with Gasteiger partial charge in [0.2, 0.25) is 11.8 Å². The van der Waals surface area contributed by atoms with E-state index in [1.54, 1.807) is 0 Å². The molecule has 2 rings (SSSR count). The second kappa shape index (κ2) is 8.16. The van der Waals surface area contributed by atoms with Gasteiger partial charge in [-0.1, -0.05) is 52.9 Å². The SMILES string of the molecule is CC(C)(C)CC(=O)N1CCC[C@H]1C(=O)NC1CCCCCCC1. The van der Waals surface area contributed by atoms with E-state index in [4.69, 9.17) is 0 Å². The van der Waals surface area contributed by atoms with Crippen molar-refractivity contribution in [1.82, 2.24) is 10.2 Å². The molecule has 0 radical (unpaired) electrons. The van der Waals surface area contributed by atoms with Crippen molar-refractivity contribution >= 4 is 11.8 Å². The molecule has 0 unspecified atom stereocenters. The van der Waals surface area contributed by atoms with E-state index in [2.05, 4.69) is 26.1 Å². The molecule has 2 fully saturated rings. The van der Waals surface area contributed by atoms with Gasteiger partial charge >= 0.3 is 0 Å². The summed E-state index contributed by atoms with van der Waals surface area (Å²) < 4.78 is 0. The molecule has 4 heteroatoms. The third kappa shape index (κ3) is 5.82. The first-order valence-electron chi connectivity index (χ1n) is 9.47. The molecule has 0 aromatic heterocycles. The van der Waals surface area contributed by atoms with Crippen LogP contribution >= 0.6 is 0 Å². The van der Waals surface area contributed by atoms with E-state index in [1.165, 1.54) is 32.1 Å². The minimum absolute atomic E-state index is 0.0275. The van der Waals surface area contributed by atoms with Gasteiger partial charge in [-0.15, -0.1) is 0 Å². The van der Waals surface area contributed by atoms with Gasteiger partial charge in [0.1, 0.15) is 6.04 Å². The lowest BCUT2D eigenvalue weighted by molar-refractivity contribution is -0.140. The Kier molecular flexibility index (Phi) is 6.49. The van der Waals surface area contributed by atoms with Crippen molar-refractivity contribution in [2.45, 2.75) is 97.1 Å². The lowest BCUT2D eigenvalue weighted by Gasteiger charge is -2.29. The van der Waals surface area contributed by atoms with E-state index in [1.807, 2.05) is 4.90 Å². The molecule has 132 valence electrons. The highest BCUT2D eigenvalue weighted by atomic mass is 16.2. The summed E-state index contributed by atoms with van der Waals surface area (Å²) in [5.74, 6) is 0.211. The van der Waals surface area contributed by atoms with Gasteiger partial charge < -0.3 is 10.2 Å². The molecule has 1 aliphatic heterocycles. The van der Waals surface area contributed by atoms with E-state index >= 15 is 0 Å². The summed E-state index contributed by atoms with van der Waals surface area (Å²) in [7, 11) is 0. The molecule has 1 atom stereocenters. The smallest absolute Gasteiger partial charge is 0.243 e. The van der Waals surface area contributed by atoms with Gasteiger partial charge in [0.15, 0.2) is 0 Å². The van der Waals surface area contributed by atoms with Crippen LogP contribution in [0.15, 0.2) is 0 Å². The number of amides is 2. The quantitative estimate of drug-likeness (QED) is 0.862. The van der Waals surface area contributed by atoms with Gasteiger partial charge in [-0.3, -0.25) is 9.59 Å². The van der Waals surface area contributed by atoms with Gasteiger partial charge in [0.05, 0.1) is 0 Å². The number of hydrogen-bond donors (Lipinski definition) is 1. The predicted molar refractivity (Wildman–Crippen MR) is 93.1 cm³/mol. The Balaban J connectivity index is 1.90. The fraction of sp³-hybridized carbons (Fsp3) is 0.895. The third-order valence-corrected chi connectivity index (χ3v) is 5.01. The van der Waals surface area contributed by atoms with Crippen LogP contribution in [0.5, 0.6) is 0 Å². The average Bonchev–Trinajstić information content (AvgIpc) is 2.89. The maximum absolute atomic E-state index is 12.7. The monoisotopic (exact) mass is 322 g/mol. The largest absolute Gasteiger partial charge is 0.352 e. The fourth-order valence-electron chi connectivity index (χ4n) is 3.79. The maximum atomic E-state index is 12.7. The molecule has 4 nitrogen and oxygen atoms in total. The average molecular weight is 322 g/mol. The summed E-state index contributed by atoms with van der Waals surface area (Å²) >= 11 is 0. The van der Waals surface area contributed by atoms with Crippen LogP contribution in [0, 0.1) is 5.41 Å². The zero-order valence-electron chi connectivity index (χ0n) is 15.2. The van der Waals surface area contributed by atoms with Gasteiger partial charge in [-0.05, 0) is 31.1 Å². The van der Waals surface area contributed by atoms with E-state index in [0.717, 1.165) is 32.2 Å². The van der Waals surface area contributed by atoms with Crippen molar-refractivity contribution in [3.05, 3.63) is 0 Å². The van der Waals surface area contributed by atoms with E-state index in [9.17, 15) is 9.59 Å². The number of carbonyl (C=O) groups excluding carboxylic acids is 2. The Labute approximate surface area is 141 Å². The standard InChI is InChI=1S/C19H34N2O2/c1-19(2,3)14-17(22)21-13-9-12-16(21)18(23)20-15-10-7-5-4-6-8-11-15/h15-16H,4-14H2,1-3H3,(H,20,23)/t16-/m0/s1. The van der Waals surface area contributed by atoms with Crippen LogP contribution in [0.2, 0.25) is 0 Å². The molecule has 2 amide bonds. The Morgan fingerprint density at radius 1 is 0.957 bits per heavy atom. The minimum atomic E-state index is -0.240. The van der Waals surface area contributed by atoms with Crippen molar-refractivity contribution in [2.75, 3.05) is 6.54 Å². The highest BCUT2D eigenvalue weighted by Crippen LogP contribution is 2.25. The molecule has 0 aromatic rings. The Morgan fingerprint density at radius 2 is 1.57 bits per heavy atom. The van der Waals surface area contributed by atoms with Crippen LogP contribution in [-0.2, 0) is 9.59 Å². The highest BCUT2D eigenvalue weighted by Gasteiger charge is 2.35. The Morgan fingerprint density at radius 3 is 2.17 bits per heavy atom. The van der Waals surface area contributed by atoms with Gasteiger partial charge in [0.25, 0.3) is 0 Å². The van der Waals surface area contributed by atoms with Crippen molar-refractivity contribution in [1.29, 1.82) is 0 Å². The van der Waals surface area contributed by atoms with E-state index < -0.39 is 0 Å². The number of hydrogen-bond acceptors (Lipinski definition) is 2. The first-order valence-corrected chi connectivity index (χ1v) is 9.47. The molecular formula is C19H34N2O2. The summed E-state index contributed by atoms with van der Waals surface area (Å²) in [5.41, 5.74) is -0.0275. The number of likely N-dealkylation sites (tertiary alicyclic amines) is 1. The zero-order chi connectivity index (χ0) is 16.9. The van der Waals surface area contributed by atoms with Gasteiger partial charge in [-0.25, -0.2) is 0 Å². The fourth-order valence-corrected chi connectivity index (χ4v) is 3.79.